The number of aromatic carboxylic acids is 1. The molecule has 0 fully saturated rings. The molecule has 0 aliphatic heterocycles. The number of hydrogen-bond acceptors (Lipinski definition) is 8. The van der Waals surface area contributed by atoms with Crippen molar-refractivity contribution in [2.45, 2.75) is 26.9 Å². The molecule has 3 aromatic rings. The Hall–Kier alpha value is -4.10. The number of carbonyl (C=O) groups is 3. The molecule has 0 spiro atoms. The number of ether oxygens (including phenoxy) is 2. The second kappa shape index (κ2) is 15.7. The first-order valence-corrected chi connectivity index (χ1v) is 10.1. The number of carboxylic acid groups (broad SMARTS) is 1. The summed E-state index contributed by atoms with van der Waals surface area (Å²) in [4.78, 5) is 32.2. The summed E-state index contributed by atoms with van der Waals surface area (Å²) in [7, 11) is 0. The number of rotatable bonds is 9. The summed E-state index contributed by atoms with van der Waals surface area (Å²) >= 11 is 0. The molecule has 0 aromatic carbocycles. The van der Waals surface area contributed by atoms with Gasteiger partial charge in [0.25, 0.3) is 0 Å². The predicted octanol–water partition coefficient (Wildman–Crippen LogP) is 2.17. The Morgan fingerprint density at radius 2 is 1.38 bits per heavy atom. The molecule has 3 heterocycles. The summed E-state index contributed by atoms with van der Waals surface area (Å²) in [5.74, 6) is -1.81. The maximum atomic E-state index is 11.9. The standard InChI is InChI=1S/C8H11FN2O2.C6H7FN2O2.C6H8N2O2/c1-2-13-8(12)7-5-10-11(6-7)4-3-9;7-1-2-9-4-5(3-8-9)6(10)11;1-2-10-6(9)5-3-7-8-4-5/h5-6H,2-4H2,1H3;3-4H,1-2H2,(H,10,11);3-4H,2H2,1H3,(H,7,8). The van der Waals surface area contributed by atoms with Gasteiger partial charge in [0.15, 0.2) is 0 Å². The highest BCUT2D eigenvalue weighted by Gasteiger charge is 2.08. The monoisotopic (exact) mass is 484 g/mol. The van der Waals surface area contributed by atoms with Gasteiger partial charge in [0, 0.05) is 18.6 Å². The van der Waals surface area contributed by atoms with Crippen LogP contribution in [0.1, 0.15) is 44.9 Å². The largest absolute Gasteiger partial charge is 0.478 e. The van der Waals surface area contributed by atoms with Crippen LogP contribution in [0.25, 0.3) is 0 Å². The predicted molar refractivity (Wildman–Crippen MR) is 114 cm³/mol. The molecule has 0 bridgehead atoms. The Morgan fingerprint density at radius 3 is 1.79 bits per heavy atom. The van der Waals surface area contributed by atoms with E-state index >= 15 is 0 Å². The van der Waals surface area contributed by atoms with Crippen LogP contribution in [0.15, 0.2) is 37.2 Å². The van der Waals surface area contributed by atoms with Crippen molar-refractivity contribution in [3.05, 3.63) is 53.9 Å². The van der Waals surface area contributed by atoms with Gasteiger partial charge >= 0.3 is 17.9 Å². The molecule has 0 atom stereocenters. The highest BCUT2D eigenvalue weighted by atomic mass is 19.1. The summed E-state index contributed by atoms with van der Waals surface area (Å²) in [5.41, 5.74) is 0.899. The number of carbonyl (C=O) groups excluding carboxylic acids is 2. The molecule has 3 rings (SSSR count). The third kappa shape index (κ3) is 10.0. The molecule has 0 aliphatic carbocycles. The molecule has 3 aromatic heterocycles. The SMILES string of the molecule is CCOC(=O)c1cn[nH]c1.CCOC(=O)c1cnn(CCF)c1.O=C(O)c1cnn(CCF)c1. The lowest BCUT2D eigenvalue weighted by molar-refractivity contribution is 0.0516. The van der Waals surface area contributed by atoms with Gasteiger partial charge in [-0.3, -0.25) is 14.5 Å². The number of aryl methyl sites for hydroxylation is 2. The topological polar surface area (TPSA) is 154 Å². The summed E-state index contributed by atoms with van der Waals surface area (Å²) in [5, 5.41) is 21.9. The molecule has 0 radical (unpaired) electrons. The second-order valence-corrected chi connectivity index (χ2v) is 6.10. The Balaban J connectivity index is 0.000000257. The number of alkyl halides is 2. The molecule has 14 heteroatoms. The van der Waals surface area contributed by atoms with E-state index in [-0.39, 0.29) is 24.6 Å². The lowest BCUT2D eigenvalue weighted by atomic mass is 10.4. The number of hydrogen-bond donors (Lipinski definition) is 2. The molecule has 2 N–H and O–H groups in total. The van der Waals surface area contributed by atoms with Crippen molar-refractivity contribution >= 4 is 17.9 Å². The van der Waals surface area contributed by atoms with E-state index in [0.717, 1.165) is 0 Å². The van der Waals surface area contributed by atoms with Crippen LogP contribution in [0.2, 0.25) is 0 Å². The molecule has 186 valence electrons. The Labute approximate surface area is 193 Å². The highest BCUT2D eigenvalue weighted by Crippen LogP contribution is 2.00. The molecule has 0 saturated carbocycles. The van der Waals surface area contributed by atoms with Crippen molar-refractivity contribution < 1.29 is 37.7 Å². The van der Waals surface area contributed by atoms with E-state index < -0.39 is 25.3 Å². The lowest BCUT2D eigenvalue weighted by Crippen LogP contribution is -2.03. The quantitative estimate of drug-likeness (QED) is 0.435. The van der Waals surface area contributed by atoms with Crippen molar-refractivity contribution in [2.24, 2.45) is 0 Å². The van der Waals surface area contributed by atoms with Crippen LogP contribution in [0, 0.1) is 0 Å². The van der Waals surface area contributed by atoms with Gasteiger partial charge in [-0.1, -0.05) is 0 Å². The van der Waals surface area contributed by atoms with Crippen LogP contribution >= 0.6 is 0 Å². The van der Waals surface area contributed by atoms with Crippen LogP contribution in [0.4, 0.5) is 8.78 Å². The molecule has 0 amide bonds. The minimum Gasteiger partial charge on any atom is -0.478 e. The summed E-state index contributed by atoms with van der Waals surface area (Å²) in [6, 6.07) is 0. The van der Waals surface area contributed by atoms with Gasteiger partial charge in [-0.25, -0.2) is 23.2 Å². The van der Waals surface area contributed by atoms with Crippen LogP contribution in [-0.2, 0) is 22.6 Å². The summed E-state index contributed by atoms with van der Waals surface area (Å²) in [6.07, 6.45) is 8.25. The number of aromatic amines is 1. The van der Waals surface area contributed by atoms with E-state index in [9.17, 15) is 23.2 Å². The number of esters is 2. The van der Waals surface area contributed by atoms with E-state index in [2.05, 4.69) is 25.1 Å². The average molecular weight is 484 g/mol. The Kier molecular flexibility index (Phi) is 12.9. The van der Waals surface area contributed by atoms with Crippen molar-refractivity contribution in [3.63, 3.8) is 0 Å². The number of halogens is 2. The smallest absolute Gasteiger partial charge is 0.341 e. The molecule has 0 saturated heterocycles. The van der Waals surface area contributed by atoms with Gasteiger partial charge in [-0.2, -0.15) is 15.3 Å². The first-order chi connectivity index (χ1) is 16.4. The number of nitrogens with zero attached hydrogens (tertiary/aromatic N) is 5. The van der Waals surface area contributed by atoms with Crippen LogP contribution in [0.3, 0.4) is 0 Å². The average Bonchev–Trinajstić information content (AvgIpc) is 3.58. The van der Waals surface area contributed by atoms with Crippen molar-refractivity contribution in [2.75, 3.05) is 26.6 Å². The van der Waals surface area contributed by atoms with Crippen molar-refractivity contribution in [1.82, 2.24) is 29.8 Å². The zero-order valence-electron chi connectivity index (χ0n) is 18.7. The van der Waals surface area contributed by atoms with Crippen LogP contribution in [0.5, 0.6) is 0 Å². The third-order valence-electron chi connectivity index (χ3n) is 3.66. The molecule has 34 heavy (non-hydrogen) atoms. The Bertz CT molecular complexity index is 1010. The third-order valence-corrected chi connectivity index (χ3v) is 3.66. The molecular formula is C20H26F2N6O6. The second-order valence-electron chi connectivity index (χ2n) is 6.10. The van der Waals surface area contributed by atoms with E-state index in [0.29, 0.717) is 24.3 Å². The zero-order chi connectivity index (χ0) is 25.3. The van der Waals surface area contributed by atoms with Crippen LogP contribution < -0.4 is 0 Å². The summed E-state index contributed by atoms with van der Waals surface area (Å²) in [6.45, 7) is 3.44. The summed E-state index contributed by atoms with van der Waals surface area (Å²) < 4.78 is 35.6. The van der Waals surface area contributed by atoms with E-state index in [1.54, 1.807) is 13.8 Å². The van der Waals surface area contributed by atoms with Crippen molar-refractivity contribution in [3.8, 4) is 0 Å². The number of aromatic nitrogens is 6. The first kappa shape index (κ1) is 27.9. The van der Waals surface area contributed by atoms with Gasteiger partial charge in [-0.15, -0.1) is 0 Å². The van der Waals surface area contributed by atoms with Gasteiger partial charge in [0.2, 0.25) is 0 Å². The molecular weight excluding hydrogens is 458 g/mol. The lowest BCUT2D eigenvalue weighted by Gasteiger charge is -1.96. The number of carboxylic acids is 1. The molecule has 12 nitrogen and oxygen atoms in total. The fourth-order valence-corrected chi connectivity index (χ4v) is 2.15. The van der Waals surface area contributed by atoms with Gasteiger partial charge < -0.3 is 14.6 Å². The number of nitrogens with one attached hydrogen (secondary N) is 1. The zero-order valence-corrected chi connectivity index (χ0v) is 18.7. The molecule has 0 unspecified atom stereocenters. The minimum atomic E-state index is -1.05. The van der Waals surface area contributed by atoms with Gasteiger partial charge in [0.1, 0.15) is 13.3 Å². The van der Waals surface area contributed by atoms with Gasteiger partial charge in [0.05, 0.1) is 61.6 Å². The first-order valence-electron chi connectivity index (χ1n) is 10.1. The Morgan fingerprint density at radius 1 is 0.882 bits per heavy atom. The fraction of sp³-hybridized carbons (Fsp3) is 0.400. The van der Waals surface area contributed by atoms with Gasteiger partial charge in [-0.05, 0) is 13.8 Å². The molecule has 0 aliphatic rings. The minimum absolute atomic E-state index is 0.0819. The maximum absolute atomic E-state index is 11.9. The fourth-order valence-electron chi connectivity index (χ4n) is 2.15. The maximum Gasteiger partial charge on any atom is 0.341 e. The van der Waals surface area contributed by atoms with E-state index in [1.807, 2.05) is 0 Å². The normalized spacial score (nSPS) is 9.76. The highest BCUT2D eigenvalue weighted by molar-refractivity contribution is 5.89. The van der Waals surface area contributed by atoms with E-state index in [1.165, 1.54) is 46.5 Å². The van der Waals surface area contributed by atoms with Crippen molar-refractivity contribution in [1.29, 1.82) is 0 Å². The van der Waals surface area contributed by atoms with E-state index in [4.69, 9.17) is 9.84 Å². The number of H-pyrrole nitrogens is 1. The van der Waals surface area contributed by atoms with Crippen LogP contribution in [-0.4, -0.2) is 79.3 Å².